The Morgan fingerprint density at radius 3 is 2.49 bits per heavy atom. The maximum absolute atomic E-state index is 12.6. The number of nitrogens with zero attached hydrogens (tertiary/aromatic N) is 4. The Labute approximate surface area is 204 Å². The molecule has 0 radical (unpaired) electrons. The number of hydrogen-bond acceptors (Lipinski definition) is 6. The fourth-order valence-corrected chi connectivity index (χ4v) is 4.51. The molecule has 0 aliphatic carbocycles. The lowest BCUT2D eigenvalue weighted by atomic mass is 10.2. The molecule has 1 N–H and O–H groups in total. The number of amides is 1. The van der Waals surface area contributed by atoms with Crippen LogP contribution in [0.5, 0.6) is 11.6 Å². The number of aryl methyl sites for hydroxylation is 1. The smallest absolute Gasteiger partial charge is 0.308 e. The molecule has 3 aromatic carbocycles. The quantitative estimate of drug-likeness (QED) is 0.273. The van der Waals surface area contributed by atoms with Crippen LogP contribution in [0.15, 0.2) is 94.8 Å². The number of benzene rings is 3. The molecule has 0 saturated carbocycles. The van der Waals surface area contributed by atoms with Crippen molar-refractivity contribution in [2.45, 2.75) is 13.5 Å². The van der Waals surface area contributed by atoms with E-state index in [1.54, 1.807) is 4.68 Å². The summed E-state index contributed by atoms with van der Waals surface area (Å²) in [5.41, 5.74) is 5.36. The highest BCUT2D eigenvalue weighted by Crippen LogP contribution is 2.29. The molecular weight excluding hydrogens is 462 g/mol. The predicted octanol–water partition coefficient (Wildman–Crippen LogP) is 4.50. The second-order valence-corrected chi connectivity index (χ2v) is 8.67. The third-order valence-electron chi connectivity index (χ3n) is 5.28. The zero-order valence-electron chi connectivity index (χ0n) is 18.8. The summed E-state index contributed by atoms with van der Waals surface area (Å²) in [5, 5.41) is 8.76. The summed E-state index contributed by atoms with van der Waals surface area (Å²) in [6, 6.07) is 26.4. The normalized spacial score (nSPS) is 11.2. The molecule has 1 amide bonds. The number of fused-ring (bicyclic) bond motifs is 1. The molecule has 35 heavy (non-hydrogen) atoms. The van der Waals surface area contributed by atoms with Gasteiger partial charge in [-0.1, -0.05) is 59.9 Å². The monoisotopic (exact) mass is 483 g/mol. The van der Waals surface area contributed by atoms with Gasteiger partial charge < -0.3 is 4.74 Å². The maximum Gasteiger partial charge on any atom is 0.308 e. The van der Waals surface area contributed by atoms with Crippen LogP contribution >= 0.6 is 11.3 Å². The molecule has 0 aliphatic rings. The summed E-state index contributed by atoms with van der Waals surface area (Å²) >= 11 is 1.11. The number of ether oxygens (including phenoxy) is 1. The maximum atomic E-state index is 12.6. The van der Waals surface area contributed by atoms with Gasteiger partial charge in [0, 0.05) is 0 Å². The van der Waals surface area contributed by atoms with Crippen molar-refractivity contribution >= 4 is 33.7 Å². The zero-order chi connectivity index (χ0) is 24.2. The van der Waals surface area contributed by atoms with Gasteiger partial charge >= 0.3 is 4.87 Å². The first-order chi connectivity index (χ1) is 17.1. The number of nitrogens with one attached hydrogen (secondary N) is 1. The molecule has 0 bridgehead atoms. The van der Waals surface area contributed by atoms with Gasteiger partial charge in [-0.15, -0.1) is 0 Å². The van der Waals surface area contributed by atoms with Crippen molar-refractivity contribution < 1.29 is 9.53 Å². The van der Waals surface area contributed by atoms with E-state index in [-0.39, 0.29) is 11.4 Å². The predicted molar refractivity (Wildman–Crippen MR) is 137 cm³/mol. The lowest BCUT2D eigenvalue weighted by molar-refractivity contribution is -0.121. The Balaban J connectivity index is 1.40. The first-order valence-electron chi connectivity index (χ1n) is 10.9. The van der Waals surface area contributed by atoms with Gasteiger partial charge in [0.2, 0.25) is 5.88 Å². The number of carbonyl (C=O) groups is 1. The third kappa shape index (κ3) is 4.75. The molecule has 0 unspecified atom stereocenters. The number of para-hydroxylation sites is 3. The van der Waals surface area contributed by atoms with Crippen LogP contribution in [0.1, 0.15) is 11.3 Å². The molecule has 0 fully saturated rings. The fourth-order valence-electron chi connectivity index (χ4n) is 3.62. The number of thiazole rings is 1. The summed E-state index contributed by atoms with van der Waals surface area (Å²) in [7, 11) is 0. The van der Waals surface area contributed by atoms with Crippen molar-refractivity contribution in [3.05, 3.63) is 106 Å². The Hall–Kier alpha value is -4.50. The van der Waals surface area contributed by atoms with E-state index in [0.717, 1.165) is 27.2 Å². The largest absolute Gasteiger partial charge is 0.438 e. The molecule has 174 valence electrons. The van der Waals surface area contributed by atoms with E-state index in [0.29, 0.717) is 22.9 Å². The van der Waals surface area contributed by atoms with E-state index in [2.05, 4.69) is 15.6 Å². The lowest BCUT2D eigenvalue weighted by Crippen LogP contribution is -2.27. The van der Waals surface area contributed by atoms with Gasteiger partial charge in [-0.3, -0.25) is 14.2 Å². The second-order valence-electron chi connectivity index (χ2n) is 7.68. The van der Waals surface area contributed by atoms with E-state index in [1.165, 1.54) is 10.8 Å². The minimum Gasteiger partial charge on any atom is -0.438 e. The first-order valence-corrected chi connectivity index (χ1v) is 11.7. The van der Waals surface area contributed by atoms with Gasteiger partial charge in [0.15, 0.2) is 0 Å². The Kier molecular flexibility index (Phi) is 6.23. The topological polar surface area (TPSA) is 90.5 Å². The highest BCUT2D eigenvalue weighted by molar-refractivity contribution is 7.16. The van der Waals surface area contributed by atoms with Gasteiger partial charge in [-0.25, -0.2) is 5.43 Å². The number of carbonyl (C=O) groups excluding carboxylic acids is 1. The van der Waals surface area contributed by atoms with Crippen LogP contribution in [0.3, 0.4) is 0 Å². The van der Waals surface area contributed by atoms with E-state index in [9.17, 15) is 9.59 Å². The van der Waals surface area contributed by atoms with Crippen molar-refractivity contribution in [2.75, 3.05) is 0 Å². The summed E-state index contributed by atoms with van der Waals surface area (Å²) < 4.78 is 10.1. The highest BCUT2D eigenvalue weighted by atomic mass is 32.1. The molecule has 8 nitrogen and oxygen atoms in total. The van der Waals surface area contributed by atoms with Crippen LogP contribution in [-0.2, 0) is 11.3 Å². The van der Waals surface area contributed by atoms with Crippen LogP contribution < -0.4 is 15.0 Å². The zero-order valence-corrected chi connectivity index (χ0v) is 19.6. The number of rotatable bonds is 7. The summed E-state index contributed by atoms with van der Waals surface area (Å²) in [6.45, 7) is 1.72. The Morgan fingerprint density at radius 2 is 1.71 bits per heavy atom. The molecule has 2 heterocycles. The van der Waals surface area contributed by atoms with E-state index >= 15 is 0 Å². The number of hydrogen-bond donors (Lipinski definition) is 1. The molecule has 0 atom stereocenters. The van der Waals surface area contributed by atoms with Gasteiger partial charge in [0.1, 0.15) is 12.3 Å². The SMILES string of the molecule is Cc1nn(-c2ccccc2)c(Oc2ccccc2)c1/C=N/NC(=O)Cn1c(=O)sc2ccccc21. The standard InChI is InChI=1S/C26H21N5O3S/c1-18-21(16-27-28-24(32)17-30-22-14-8-9-15-23(22)35-26(30)33)25(34-20-12-6-3-7-13-20)31(29-18)19-10-4-2-5-11-19/h2-16H,17H2,1H3,(H,28,32)/b27-16+. The van der Waals surface area contributed by atoms with Crippen LogP contribution in [0.4, 0.5) is 0 Å². The molecular formula is C26H21N5O3S. The Morgan fingerprint density at radius 1 is 1.03 bits per heavy atom. The second kappa shape index (κ2) is 9.78. The summed E-state index contributed by atoms with van der Waals surface area (Å²) in [5.74, 6) is 0.704. The van der Waals surface area contributed by atoms with Gasteiger partial charge in [-0.2, -0.15) is 14.9 Å². The lowest BCUT2D eigenvalue weighted by Gasteiger charge is -2.10. The number of aromatic nitrogens is 3. The molecule has 0 saturated heterocycles. The van der Waals surface area contributed by atoms with Crippen molar-refractivity contribution in [3.63, 3.8) is 0 Å². The first kappa shape index (κ1) is 22.3. The van der Waals surface area contributed by atoms with Crippen molar-refractivity contribution in [3.8, 4) is 17.3 Å². The molecule has 5 rings (SSSR count). The molecule has 0 spiro atoms. The molecule has 0 aliphatic heterocycles. The van der Waals surface area contributed by atoms with Gasteiger partial charge in [0.25, 0.3) is 5.91 Å². The average Bonchev–Trinajstić information content (AvgIpc) is 3.36. The van der Waals surface area contributed by atoms with Crippen LogP contribution in [-0.4, -0.2) is 26.5 Å². The van der Waals surface area contributed by atoms with E-state index < -0.39 is 5.91 Å². The van der Waals surface area contributed by atoms with Crippen molar-refractivity contribution in [1.82, 2.24) is 19.8 Å². The fraction of sp³-hybridized carbons (Fsp3) is 0.0769. The third-order valence-corrected chi connectivity index (χ3v) is 6.24. The van der Waals surface area contributed by atoms with E-state index in [1.807, 2.05) is 91.9 Å². The number of hydrazone groups is 1. The van der Waals surface area contributed by atoms with Crippen molar-refractivity contribution in [1.29, 1.82) is 0 Å². The average molecular weight is 484 g/mol. The van der Waals surface area contributed by atoms with Crippen LogP contribution in [0, 0.1) is 6.92 Å². The van der Waals surface area contributed by atoms with Gasteiger partial charge in [-0.05, 0) is 43.3 Å². The highest BCUT2D eigenvalue weighted by Gasteiger charge is 2.18. The van der Waals surface area contributed by atoms with Gasteiger partial charge in [0.05, 0.1) is 33.4 Å². The summed E-state index contributed by atoms with van der Waals surface area (Å²) in [4.78, 5) is 24.7. The van der Waals surface area contributed by atoms with Crippen LogP contribution in [0.2, 0.25) is 0 Å². The van der Waals surface area contributed by atoms with Crippen molar-refractivity contribution in [2.24, 2.45) is 5.10 Å². The Bertz CT molecular complexity index is 1570. The minimum atomic E-state index is -0.412. The van der Waals surface area contributed by atoms with Crippen LogP contribution in [0.25, 0.3) is 15.9 Å². The van der Waals surface area contributed by atoms with E-state index in [4.69, 9.17) is 4.74 Å². The molecule has 5 aromatic rings. The molecule has 9 heteroatoms. The summed E-state index contributed by atoms with van der Waals surface area (Å²) in [6.07, 6.45) is 1.51. The minimum absolute atomic E-state index is 0.129. The molecule has 2 aromatic heterocycles.